The quantitative estimate of drug-likeness (QED) is 0.799. The lowest BCUT2D eigenvalue weighted by Gasteiger charge is -2.27. The molecule has 0 bridgehead atoms. The number of nitrogens with one attached hydrogen (secondary N) is 1. The van der Waals surface area contributed by atoms with Crippen LogP contribution in [-0.4, -0.2) is 24.0 Å². The minimum Gasteiger partial charge on any atom is -0.468 e. The molecule has 1 saturated carbocycles. The summed E-state index contributed by atoms with van der Waals surface area (Å²) in [6.07, 6.45) is 10.2. The van der Waals surface area contributed by atoms with Gasteiger partial charge in [-0.15, -0.1) is 0 Å². The summed E-state index contributed by atoms with van der Waals surface area (Å²) in [5.74, 6) is 1.10. The zero-order valence-corrected chi connectivity index (χ0v) is 13.3. The fourth-order valence-corrected chi connectivity index (χ4v) is 3.06. The lowest BCUT2D eigenvalue weighted by Crippen LogP contribution is -2.31. The Morgan fingerprint density at radius 3 is 2.60 bits per heavy atom. The lowest BCUT2D eigenvalue weighted by molar-refractivity contribution is 0.211. The Labute approximate surface area is 123 Å². The fraction of sp³-hybridized carbons (Fsp3) is 0.765. The van der Waals surface area contributed by atoms with E-state index in [1.54, 1.807) is 0 Å². The standard InChI is InChI=1S/C17H30N2O/c1-14(2)18-12-17-15(10-11-20-17)13-19(3)16-8-6-4-5-7-9-16/h10-11,14,16,18H,4-9,12-13H2,1-3H3. The molecule has 0 unspecified atom stereocenters. The van der Waals surface area contributed by atoms with Gasteiger partial charge >= 0.3 is 0 Å². The van der Waals surface area contributed by atoms with Gasteiger partial charge in [-0.3, -0.25) is 4.90 Å². The van der Waals surface area contributed by atoms with Crippen molar-refractivity contribution in [2.45, 2.75) is 77.5 Å². The highest BCUT2D eigenvalue weighted by atomic mass is 16.3. The number of furan rings is 1. The van der Waals surface area contributed by atoms with E-state index in [9.17, 15) is 0 Å². The predicted molar refractivity (Wildman–Crippen MR) is 83.6 cm³/mol. The molecule has 1 heterocycles. The van der Waals surface area contributed by atoms with Crippen molar-refractivity contribution < 1.29 is 4.42 Å². The third-order valence-corrected chi connectivity index (χ3v) is 4.38. The normalized spacial score (nSPS) is 17.9. The molecule has 3 nitrogen and oxygen atoms in total. The van der Waals surface area contributed by atoms with E-state index in [-0.39, 0.29) is 0 Å². The molecule has 1 N–H and O–H groups in total. The smallest absolute Gasteiger partial charge is 0.122 e. The number of hydrogen-bond donors (Lipinski definition) is 1. The Morgan fingerprint density at radius 2 is 1.95 bits per heavy atom. The van der Waals surface area contributed by atoms with Gasteiger partial charge in [0.25, 0.3) is 0 Å². The maximum absolute atomic E-state index is 5.64. The predicted octanol–water partition coefficient (Wildman–Crippen LogP) is 3.93. The minimum atomic E-state index is 0.493. The molecule has 3 heteroatoms. The van der Waals surface area contributed by atoms with Crippen molar-refractivity contribution in [3.8, 4) is 0 Å². The van der Waals surface area contributed by atoms with Gasteiger partial charge < -0.3 is 9.73 Å². The van der Waals surface area contributed by atoms with Crippen molar-refractivity contribution >= 4 is 0 Å². The van der Waals surface area contributed by atoms with E-state index in [4.69, 9.17) is 4.42 Å². The summed E-state index contributed by atoms with van der Waals surface area (Å²) in [5, 5.41) is 3.44. The molecule has 0 aliphatic heterocycles. The highest BCUT2D eigenvalue weighted by Crippen LogP contribution is 2.23. The second-order valence-electron chi connectivity index (χ2n) is 6.47. The summed E-state index contributed by atoms with van der Waals surface area (Å²) in [5.41, 5.74) is 1.34. The first-order valence-electron chi connectivity index (χ1n) is 8.15. The van der Waals surface area contributed by atoms with Crippen LogP contribution in [0.25, 0.3) is 0 Å². The maximum atomic E-state index is 5.64. The zero-order chi connectivity index (χ0) is 14.4. The van der Waals surface area contributed by atoms with Crippen LogP contribution in [0.4, 0.5) is 0 Å². The molecule has 1 aliphatic carbocycles. The Balaban J connectivity index is 1.89. The largest absolute Gasteiger partial charge is 0.468 e. The summed E-state index contributed by atoms with van der Waals surface area (Å²) in [7, 11) is 2.27. The van der Waals surface area contributed by atoms with Gasteiger partial charge in [-0.25, -0.2) is 0 Å². The number of nitrogens with zero attached hydrogens (tertiary/aromatic N) is 1. The van der Waals surface area contributed by atoms with Gasteiger partial charge in [0.05, 0.1) is 12.8 Å². The van der Waals surface area contributed by atoms with E-state index in [1.807, 2.05) is 6.26 Å². The summed E-state index contributed by atoms with van der Waals surface area (Å²) in [6.45, 7) is 6.18. The monoisotopic (exact) mass is 278 g/mol. The van der Waals surface area contributed by atoms with Crippen molar-refractivity contribution in [1.82, 2.24) is 10.2 Å². The van der Waals surface area contributed by atoms with Gasteiger partial charge in [0, 0.05) is 24.2 Å². The molecule has 0 amide bonds. The van der Waals surface area contributed by atoms with Crippen LogP contribution in [0.15, 0.2) is 16.7 Å². The number of rotatable bonds is 6. The van der Waals surface area contributed by atoms with Gasteiger partial charge in [-0.1, -0.05) is 39.5 Å². The van der Waals surface area contributed by atoms with Crippen molar-refractivity contribution in [1.29, 1.82) is 0 Å². The van der Waals surface area contributed by atoms with E-state index in [0.717, 1.165) is 24.9 Å². The molecule has 1 aromatic heterocycles. The van der Waals surface area contributed by atoms with Crippen LogP contribution in [0.3, 0.4) is 0 Å². The first-order valence-corrected chi connectivity index (χ1v) is 8.15. The van der Waals surface area contributed by atoms with Crippen molar-refractivity contribution in [2.24, 2.45) is 0 Å². The average molecular weight is 278 g/mol. The van der Waals surface area contributed by atoms with Crippen LogP contribution in [0.2, 0.25) is 0 Å². The molecule has 0 saturated heterocycles. The first kappa shape index (κ1) is 15.6. The Bertz CT molecular complexity index is 378. The Kier molecular flexibility index (Phi) is 6.11. The fourth-order valence-electron chi connectivity index (χ4n) is 3.06. The van der Waals surface area contributed by atoms with Crippen molar-refractivity contribution in [3.05, 3.63) is 23.7 Å². The molecule has 0 aromatic carbocycles. The minimum absolute atomic E-state index is 0.493. The topological polar surface area (TPSA) is 28.4 Å². The van der Waals surface area contributed by atoms with Gasteiger partial charge in [0.2, 0.25) is 0 Å². The van der Waals surface area contributed by atoms with Crippen LogP contribution in [0.1, 0.15) is 63.7 Å². The molecule has 1 fully saturated rings. The summed E-state index contributed by atoms with van der Waals surface area (Å²) in [4.78, 5) is 2.52. The van der Waals surface area contributed by atoms with E-state index in [2.05, 4.69) is 37.2 Å². The van der Waals surface area contributed by atoms with E-state index < -0.39 is 0 Å². The molecule has 1 aliphatic rings. The Hall–Kier alpha value is -0.800. The molecular formula is C17H30N2O. The maximum Gasteiger partial charge on any atom is 0.122 e. The van der Waals surface area contributed by atoms with Crippen LogP contribution in [0.5, 0.6) is 0 Å². The van der Waals surface area contributed by atoms with E-state index in [1.165, 1.54) is 44.1 Å². The molecule has 20 heavy (non-hydrogen) atoms. The average Bonchev–Trinajstić information content (AvgIpc) is 2.68. The first-order chi connectivity index (χ1) is 9.66. The SMILES string of the molecule is CC(C)NCc1occc1CN(C)C1CCCCCC1. The lowest BCUT2D eigenvalue weighted by atomic mass is 10.1. The van der Waals surface area contributed by atoms with Gasteiger partial charge in [-0.05, 0) is 26.0 Å². The molecule has 0 radical (unpaired) electrons. The van der Waals surface area contributed by atoms with Crippen LogP contribution in [-0.2, 0) is 13.1 Å². The van der Waals surface area contributed by atoms with E-state index in [0.29, 0.717) is 6.04 Å². The molecule has 0 atom stereocenters. The molecule has 1 aromatic rings. The molecule has 2 rings (SSSR count). The highest BCUT2D eigenvalue weighted by molar-refractivity contribution is 5.17. The second-order valence-corrected chi connectivity index (χ2v) is 6.47. The van der Waals surface area contributed by atoms with Crippen LogP contribution in [0, 0.1) is 0 Å². The van der Waals surface area contributed by atoms with Gasteiger partial charge in [-0.2, -0.15) is 0 Å². The van der Waals surface area contributed by atoms with Gasteiger partial charge in [0.15, 0.2) is 0 Å². The second kappa shape index (κ2) is 7.84. The number of hydrogen-bond acceptors (Lipinski definition) is 3. The third kappa shape index (κ3) is 4.64. The third-order valence-electron chi connectivity index (χ3n) is 4.38. The molecule has 114 valence electrons. The Morgan fingerprint density at radius 1 is 1.25 bits per heavy atom. The summed E-state index contributed by atoms with van der Waals surface area (Å²) in [6, 6.07) is 3.37. The van der Waals surface area contributed by atoms with E-state index >= 15 is 0 Å². The van der Waals surface area contributed by atoms with Crippen LogP contribution >= 0.6 is 0 Å². The van der Waals surface area contributed by atoms with Crippen molar-refractivity contribution in [2.75, 3.05) is 7.05 Å². The molecule has 0 spiro atoms. The summed E-state index contributed by atoms with van der Waals surface area (Å²) < 4.78 is 5.64. The zero-order valence-electron chi connectivity index (χ0n) is 13.3. The van der Waals surface area contributed by atoms with Crippen molar-refractivity contribution in [3.63, 3.8) is 0 Å². The molecular weight excluding hydrogens is 248 g/mol. The van der Waals surface area contributed by atoms with Gasteiger partial charge in [0.1, 0.15) is 5.76 Å². The summed E-state index contributed by atoms with van der Waals surface area (Å²) >= 11 is 0. The van der Waals surface area contributed by atoms with Crippen LogP contribution < -0.4 is 5.32 Å². The highest BCUT2D eigenvalue weighted by Gasteiger charge is 2.18.